The average Bonchev–Trinajstić information content (AvgIpc) is 2.90. The molecule has 2 aromatic rings. The lowest BCUT2D eigenvalue weighted by atomic mass is 10.2. The second-order valence-corrected chi connectivity index (χ2v) is 5.73. The number of carbonyl (C=O) groups is 1. The van der Waals surface area contributed by atoms with Gasteiger partial charge in [-0.05, 0) is 26.0 Å². The van der Waals surface area contributed by atoms with Gasteiger partial charge in [-0.1, -0.05) is 17.7 Å². The zero-order valence-corrected chi connectivity index (χ0v) is 12.8. The van der Waals surface area contributed by atoms with E-state index in [9.17, 15) is 9.59 Å². The fraction of sp³-hybridized carbons (Fsp3) is 0.375. The number of hydrogen-bond acceptors (Lipinski definition) is 3. The number of hydrogen-bond donors (Lipinski definition) is 2. The van der Waals surface area contributed by atoms with Crippen LogP contribution in [0.3, 0.4) is 0 Å². The Labute approximate surface area is 128 Å². The predicted molar refractivity (Wildman–Crippen MR) is 84.5 cm³/mol. The summed E-state index contributed by atoms with van der Waals surface area (Å²) >= 11 is 0. The van der Waals surface area contributed by atoms with E-state index in [-0.39, 0.29) is 17.5 Å². The van der Waals surface area contributed by atoms with Gasteiger partial charge in [-0.15, -0.1) is 0 Å². The maximum Gasteiger partial charge on any atom is 0.272 e. The minimum absolute atomic E-state index is 0.118. The van der Waals surface area contributed by atoms with E-state index in [4.69, 9.17) is 0 Å². The Morgan fingerprint density at radius 2 is 2.00 bits per heavy atom. The van der Waals surface area contributed by atoms with Crippen LogP contribution in [0.15, 0.2) is 35.1 Å². The van der Waals surface area contributed by atoms with Gasteiger partial charge in [0.15, 0.2) is 0 Å². The van der Waals surface area contributed by atoms with E-state index in [1.54, 1.807) is 4.90 Å². The third-order valence-corrected chi connectivity index (χ3v) is 4.01. The van der Waals surface area contributed by atoms with Crippen molar-refractivity contribution in [3.05, 3.63) is 51.9 Å². The van der Waals surface area contributed by atoms with Crippen molar-refractivity contribution in [1.29, 1.82) is 0 Å². The second-order valence-electron chi connectivity index (χ2n) is 5.73. The van der Waals surface area contributed by atoms with Crippen LogP contribution < -0.4 is 10.9 Å². The van der Waals surface area contributed by atoms with Gasteiger partial charge in [0, 0.05) is 31.7 Å². The highest BCUT2D eigenvalue weighted by molar-refractivity contribution is 5.92. The van der Waals surface area contributed by atoms with Crippen LogP contribution in [0.4, 0.5) is 0 Å². The Kier molecular flexibility index (Phi) is 3.85. The van der Waals surface area contributed by atoms with Crippen LogP contribution in [0.1, 0.15) is 23.0 Å². The first-order valence-corrected chi connectivity index (χ1v) is 7.47. The van der Waals surface area contributed by atoms with Crippen molar-refractivity contribution in [2.24, 2.45) is 0 Å². The van der Waals surface area contributed by atoms with E-state index < -0.39 is 0 Å². The van der Waals surface area contributed by atoms with Crippen molar-refractivity contribution >= 4 is 5.91 Å². The molecule has 1 aromatic heterocycles. The third-order valence-electron chi connectivity index (χ3n) is 4.01. The molecule has 0 aliphatic carbocycles. The second kappa shape index (κ2) is 5.81. The van der Waals surface area contributed by atoms with Crippen LogP contribution in [0.5, 0.6) is 0 Å². The lowest BCUT2D eigenvalue weighted by molar-refractivity contribution is 0.0649. The quantitative estimate of drug-likeness (QED) is 0.866. The van der Waals surface area contributed by atoms with Crippen molar-refractivity contribution in [2.45, 2.75) is 19.9 Å². The van der Waals surface area contributed by atoms with Gasteiger partial charge in [-0.3, -0.25) is 14.7 Å². The van der Waals surface area contributed by atoms with Gasteiger partial charge in [-0.25, -0.2) is 4.68 Å². The fourth-order valence-electron chi connectivity index (χ4n) is 2.69. The van der Waals surface area contributed by atoms with Crippen LogP contribution in [-0.4, -0.2) is 46.3 Å². The lowest BCUT2D eigenvalue weighted by Gasteiger charge is -2.33. The van der Waals surface area contributed by atoms with Gasteiger partial charge in [0.1, 0.15) is 5.69 Å². The van der Waals surface area contributed by atoms with E-state index in [2.05, 4.69) is 10.4 Å². The first-order valence-electron chi connectivity index (χ1n) is 7.47. The first-order chi connectivity index (χ1) is 10.6. The maximum absolute atomic E-state index is 12.6. The Morgan fingerprint density at radius 3 is 2.68 bits per heavy atom. The number of benzene rings is 1. The number of aromatic amines is 1. The fourth-order valence-corrected chi connectivity index (χ4v) is 2.69. The lowest BCUT2D eigenvalue weighted by Crippen LogP contribution is -2.52. The molecule has 0 radical (unpaired) electrons. The molecule has 2 N–H and O–H groups in total. The van der Waals surface area contributed by atoms with E-state index in [0.29, 0.717) is 12.2 Å². The van der Waals surface area contributed by atoms with Gasteiger partial charge in [0.2, 0.25) is 0 Å². The van der Waals surface area contributed by atoms with Gasteiger partial charge in [0.25, 0.3) is 11.5 Å². The summed E-state index contributed by atoms with van der Waals surface area (Å²) in [6.07, 6.45) is 0. The molecule has 6 nitrogen and oxygen atoms in total. The molecule has 22 heavy (non-hydrogen) atoms. The summed E-state index contributed by atoms with van der Waals surface area (Å²) in [4.78, 5) is 26.5. The smallest absolute Gasteiger partial charge is 0.272 e. The Hall–Kier alpha value is -2.34. The molecule has 0 spiro atoms. The SMILES string of the molecule is Cc1ccc(-n2[nH]c(C(=O)N3CCNC[C@@H]3C)cc2=O)cc1. The molecule has 1 aromatic carbocycles. The largest absolute Gasteiger partial charge is 0.332 e. The number of aromatic nitrogens is 2. The number of amides is 1. The molecule has 1 fully saturated rings. The normalized spacial score (nSPS) is 18.5. The Bertz CT molecular complexity index is 729. The zero-order valence-electron chi connectivity index (χ0n) is 12.8. The molecule has 0 bridgehead atoms. The molecule has 1 amide bonds. The highest BCUT2D eigenvalue weighted by Gasteiger charge is 2.25. The van der Waals surface area contributed by atoms with Gasteiger partial charge < -0.3 is 10.2 Å². The molecule has 3 rings (SSSR count). The monoisotopic (exact) mass is 300 g/mol. The highest BCUT2D eigenvalue weighted by atomic mass is 16.2. The molecular weight excluding hydrogens is 280 g/mol. The van der Waals surface area contributed by atoms with Crippen molar-refractivity contribution in [1.82, 2.24) is 20.0 Å². The van der Waals surface area contributed by atoms with E-state index in [1.807, 2.05) is 38.1 Å². The van der Waals surface area contributed by atoms with Crippen LogP contribution in [0, 0.1) is 6.92 Å². The average molecular weight is 300 g/mol. The molecule has 2 heterocycles. The molecule has 6 heteroatoms. The number of nitrogens with zero attached hydrogens (tertiary/aromatic N) is 2. The molecule has 1 aliphatic rings. The number of piperazine rings is 1. The van der Waals surface area contributed by atoms with Crippen LogP contribution in [0.25, 0.3) is 5.69 Å². The van der Waals surface area contributed by atoms with Crippen molar-refractivity contribution in [3.63, 3.8) is 0 Å². The van der Waals surface area contributed by atoms with Crippen LogP contribution >= 0.6 is 0 Å². The van der Waals surface area contributed by atoms with Gasteiger partial charge >= 0.3 is 0 Å². The van der Waals surface area contributed by atoms with Gasteiger partial charge in [0.05, 0.1) is 5.69 Å². The standard InChI is InChI=1S/C16H20N4O2/c1-11-3-5-13(6-4-11)20-15(21)9-14(18-20)16(22)19-8-7-17-10-12(19)2/h3-6,9,12,17-18H,7-8,10H2,1-2H3/t12-/m0/s1. The summed E-state index contributed by atoms with van der Waals surface area (Å²) in [7, 11) is 0. The molecular formula is C16H20N4O2. The maximum atomic E-state index is 12.6. The molecule has 1 atom stereocenters. The minimum Gasteiger partial charge on any atom is -0.332 e. The van der Waals surface area contributed by atoms with Crippen LogP contribution in [0.2, 0.25) is 0 Å². The number of rotatable bonds is 2. The van der Waals surface area contributed by atoms with Gasteiger partial charge in [-0.2, -0.15) is 0 Å². The van der Waals surface area contributed by atoms with E-state index in [1.165, 1.54) is 10.7 Å². The summed E-state index contributed by atoms with van der Waals surface area (Å²) in [5.41, 5.74) is 1.95. The van der Waals surface area contributed by atoms with Crippen molar-refractivity contribution < 1.29 is 4.79 Å². The topological polar surface area (TPSA) is 70.1 Å². The summed E-state index contributed by atoms with van der Waals surface area (Å²) in [6.45, 7) is 6.19. The summed E-state index contributed by atoms with van der Waals surface area (Å²) in [6, 6.07) is 9.07. The number of nitrogens with one attached hydrogen (secondary N) is 2. The van der Waals surface area contributed by atoms with Crippen molar-refractivity contribution in [2.75, 3.05) is 19.6 Å². The highest BCUT2D eigenvalue weighted by Crippen LogP contribution is 2.10. The molecule has 0 saturated carbocycles. The molecule has 0 unspecified atom stereocenters. The number of aryl methyl sites for hydroxylation is 1. The van der Waals surface area contributed by atoms with Crippen LogP contribution in [-0.2, 0) is 0 Å². The zero-order chi connectivity index (χ0) is 15.7. The Balaban J connectivity index is 1.90. The van der Waals surface area contributed by atoms with E-state index in [0.717, 1.165) is 24.3 Å². The molecule has 1 saturated heterocycles. The summed E-state index contributed by atoms with van der Waals surface area (Å²) < 4.78 is 1.40. The summed E-state index contributed by atoms with van der Waals surface area (Å²) in [5.74, 6) is -0.128. The molecule has 1 aliphatic heterocycles. The predicted octanol–water partition coefficient (Wildman–Crippen LogP) is 0.908. The summed E-state index contributed by atoms with van der Waals surface area (Å²) in [5, 5.41) is 6.17. The number of carbonyl (C=O) groups excluding carboxylic acids is 1. The van der Waals surface area contributed by atoms with E-state index >= 15 is 0 Å². The number of H-pyrrole nitrogens is 1. The Morgan fingerprint density at radius 1 is 1.27 bits per heavy atom. The van der Waals surface area contributed by atoms with Crippen molar-refractivity contribution in [3.8, 4) is 5.69 Å². The molecule has 116 valence electrons. The first kappa shape index (κ1) is 14.6. The third kappa shape index (κ3) is 2.69. The minimum atomic E-state index is -0.227.